The zero-order valence-corrected chi connectivity index (χ0v) is 18.0. The molecule has 0 saturated carbocycles. The number of thiazole rings is 1. The Kier molecular flexibility index (Phi) is 7.64. The van der Waals surface area contributed by atoms with E-state index in [1.54, 1.807) is 11.3 Å². The largest absolute Gasteiger partial charge is 0.507 e. The lowest BCUT2D eigenvalue weighted by Gasteiger charge is -2.14. The summed E-state index contributed by atoms with van der Waals surface area (Å²) >= 11 is 1.56. The number of fused-ring (bicyclic) bond motifs is 1. The van der Waals surface area contributed by atoms with Crippen molar-refractivity contribution in [1.29, 1.82) is 0 Å². The Morgan fingerprint density at radius 3 is 2.76 bits per heavy atom. The van der Waals surface area contributed by atoms with Crippen molar-refractivity contribution < 1.29 is 14.6 Å². The van der Waals surface area contributed by atoms with Gasteiger partial charge in [-0.15, -0.1) is 11.3 Å². The van der Waals surface area contributed by atoms with Crippen LogP contribution in [0.25, 0.3) is 20.8 Å². The van der Waals surface area contributed by atoms with E-state index in [1.165, 1.54) is 6.42 Å². The van der Waals surface area contributed by atoms with Gasteiger partial charge in [0.2, 0.25) is 0 Å². The summed E-state index contributed by atoms with van der Waals surface area (Å²) in [6.45, 7) is 4.81. The van der Waals surface area contributed by atoms with Crippen molar-refractivity contribution in [2.24, 2.45) is 5.92 Å². The van der Waals surface area contributed by atoms with E-state index in [2.05, 4.69) is 18.8 Å². The van der Waals surface area contributed by atoms with Gasteiger partial charge in [0.25, 0.3) is 0 Å². The number of aryl methyl sites for hydroxylation is 1. The van der Waals surface area contributed by atoms with Crippen molar-refractivity contribution in [2.75, 3.05) is 6.61 Å². The first kappa shape index (κ1) is 21.3. The van der Waals surface area contributed by atoms with E-state index < -0.39 is 0 Å². The molecule has 0 saturated heterocycles. The molecule has 1 heterocycles. The van der Waals surface area contributed by atoms with Crippen LogP contribution in [0.15, 0.2) is 42.5 Å². The molecule has 0 spiro atoms. The minimum absolute atomic E-state index is 0.203. The SMILES string of the molecule is CCCCC(CC)COC(=O)CCc1cccc(-c2nc3ccccc3s2)c1O. The highest BCUT2D eigenvalue weighted by molar-refractivity contribution is 7.21. The van der Waals surface area contributed by atoms with Gasteiger partial charge in [0.15, 0.2) is 0 Å². The molecule has 2 aromatic carbocycles. The fourth-order valence-corrected chi connectivity index (χ4v) is 4.36. The zero-order valence-electron chi connectivity index (χ0n) is 17.2. The second kappa shape index (κ2) is 10.4. The molecule has 0 aliphatic heterocycles. The first-order chi connectivity index (χ1) is 14.1. The molecule has 5 heteroatoms. The molecular weight excluding hydrogens is 382 g/mol. The predicted octanol–water partition coefficient (Wildman–Crippen LogP) is 6.36. The van der Waals surface area contributed by atoms with Crippen molar-refractivity contribution in [3.8, 4) is 16.3 Å². The minimum Gasteiger partial charge on any atom is -0.507 e. The number of hydrogen-bond acceptors (Lipinski definition) is 5. The quantitative estimate of drug-likeness (QED) is 0.394. The van der Waals surface area contributed by atoms with Crippen LogP contribution in [0.4, 0.5) is 0 Å². The predicted molar refractivity (Wildman–Crippen MR) is 119 cm³/mol. The molecule has 0 amide bonds. The van der Waals surface area contributed by atoms with Crippen LogP contribution in [0, 0.1) is 5.92 Å². The van der Waals surface area contributed by atoms with E-state index in [1.807, 2.05) is 42.5 Å². The van der Waals surface area contributed by atoms with Gasteiger partial charge in [0.1, 0.15) is 10.8 Å². The molecule has 0 aliphatic rings. The van der Waals surface area contributed by atoms with Crippen molar-refractivity contribution in [3.63, 3.8) is 0 Å². The van der Waals surface area contributed by atoms with Gasteiger partial charge in [-0.05, 0) is 42.5 Å². The average molecular weight is 412 g/mol. The van der Waals surface area contributed by atoms with E-state index in [0.717, 1.165) is 40.1 Å². The van der Waals surface area contributed by atoms with Crippen LogP contribution in [0.1, 0.15) is 51.5 Å². The lowest BCUT2D eigenvalue weighted by atomic mass is 10.0. The number of aromatic nitrogens is 1. The number of rotatable bonds is 10. The average Bonchev–Trinajstić information content (AvgIpc) is 3.17. The maximum absolute atomic E-state index is 12.2. The number of carbonyl (C=O) groups excluding carboxylic acids is 1. The van der Waals surface area contributed by atoms with Gasteiger partial charge in [-0.2, -0.15) is 0 Å². The number of nitrogens with zero attached hydrogens (tertiary/aromatic N) is 1. The van der Waals surface area contributed by atoms with Gasteiger partial charge in [-0.25, -0.2) is 4.98 Å². The molecule has 3 aromatic rings. The monoisotopic (exact) mass is 411 g/mol. The van der Waals surface area contributed by atoms with Crippen molar-refractivity contribution in [1.82, 2.24) is 4.98 Å². The maximum Gasteiger partial charge on any atom is 0.306 e. The van der Waals surface area contributed by atoms with Crippen LogP contribution in [0.2, 0.25) is 0 Å². The fraction of sp³-hybridized carbons (Fsp3) is 0.417. The number of unbranched alkanes of at least 4 members (excludes halogenated alkanes) is 1. The summed E-state index contributed by atoms with van der Waals surface area (Å²) < 4.78 is 6.57. The van der Waals surface area contributed by atoms with Crippen LogP contribution >= 0.6 is 11.3 Å². The normalized spacial score (nSPS) is 12.2. The Balaban J connectivity index is 1.62. The molecule has 1 unspecified atom stereocenters. The maximum atomic E-state index is 12.2. The molecule has 4 nitrogen and oxygen atoms in total. The van der Waals surface area contributed by atoms with Gasteiger partial charge in [-0.1, -0.05) is 57.4 Å². The first-order valence-corrected chi connectivity index (χ1v) is 11.3. The number of esters is 1. The van der Waals surface area contributed by atoms with Crippen molar-refractivity contribution in [3.05, 3.63) is 48.0 Å². The number of hydrogen-bond donors (Lipinski definition) is 1. The van der Waals surface area contributed by atoms with Crippen LogP contribution in [0.3, 0.4) is 0 Å². The minimum atomic E-state index is -0.204. The van der Waals surface area contributed by atoms with E-state index in [-0.39, 0.29) is 18.1 Å². The third kappa shape index (κ3) is 5.57. The summed E-state index contributed by atoms with van der Waals surface area (Å²) in [6.07, 6.45) is 5.18. The molecular formula is C24H29NO3S. The standard InChI is InChI=1S/C24H29NO3S/c1-3-5-9-17(4-2)16-28-22(26)15-14-18-10-8-11-19(23(18)27)24-25-20-12-6-7-13-21(20)29-24/h6-8,10-13,17,27H,3-5,9,14-16H2,1-2H3. The van der Waals surface area contributed by atoms with Gasteiger partial charge in [0, 0.05) is 6.42 Å². The molecule has 3 rings (SSSR count). The van der Waals surface area contributed by atoms with Crippen LogP contribution < -0.4 is 0 Å². The molecule has 1 atom stereocenters. The lowest BCUT2D eigenvalue weighted by molar-refractivity contribution is -0.145. The Morgan fingerprint density at radius 2 is 2.00 bits per heavy atom. The summed E-state index contributed by atoms with van der Waals surface area (Å²) in [5.74, 6) is 0.438. The Morgan fingerprint density at radius 1 is 1.17 bits per heavy atom. The zero-order chi connectivity index (χ0) is 20.6. The molecule has 0 bridgehead atoms. The number of aromatic hydroxyl groups is 1. The smallest absolute Gasteiger partial charge is 0.306 e. The third-order valence-corrected chi connectivity index (χ3v) is 6.34. The van der Waals surface area contributed by atoms with E-state index in [9.17, 15) is 9.90 Å². The highest BCUT2D eigenvalue weighted by Gasteiger charge is 2.15. The van der Waals surface area contributed by atoms with Gasteiger partial charge in [0.05, 0.1) is 22.4 Å². The third-order valence-electron chi connectivity index (χ3n) is 5.27. The Bertz CT molecular complexity index is 917. The highest BCUT2D eigenvalue weighted by atomic mass is 32.1. The van der Waals surface area contributed by atoms with Crippen LogP contribution in [-0.2, 0) is 16.0 Å². The molecule has 1 N–H and O–H groups in total. The van der Waals surface area contributed by atoms with Gasteiger partial charge < -0.3 is 9.84 Å². The molecule has 29 heavy (non-hydrogen) atoms. The van der Waals surface area contributed by atoms with Crippen LogP contribution in [-0.4, -0.2) is 22.7 Å². The second-order valence-corrected chi connectivity index (χ2v) is 8.43. The topological polar surface area (TPSA) is 59.4 Å². The number of benzene rings is 2. The van der Waals surface area contributed by atoms with E-state index in [4.69, 9.17) is 4.74 Å². The van der Waals surface area contributed by atoms with Crippen LogP contribution in [0.5, 0.6) is 5.75 Å². The van der Waals surface area contributed by atoms with Crippen molar-refractivity contribution >= 4 is 27.5 Å². The molecule has 1 aromatic heterocycles. The van der Waals surface area contributed by atoms with Gasteiger partial charge in [-0.3, -0.25) is 4.79 Å². The van der Waals surface area contributed by atoms with Gasteiger partial charge >= 0.3 is 5.97 Å². The molecule has 0 fully saturated rings. The number of phenolic OH excluding ortho intramolecular Hbond substituents is 1. The molecule has 0 aliphatic carbocycles. The summed E-state index contributed by atoms with van der Waals surface area (Å²) in [5.41, 5.74) is 2.38. The summed E-state index contributed by atoms with van der Waals surface area (Å²) in [7, 11) is 0. The number of carbonyl (C=O) groups is 1. The lowest BCUT2D eigenvalue weighted by Crippen LogP contribution is -2.14. The van der Waals surface area contributed by atoms with E-state index in [0.29, 0.717) is 24.5 Å². The number of para-hydroxylation sites is 2. The molecule has 0 radical (unpaired) electrons. The summed E-state index contributed by atoms with van der Waals surface area (Å²) in [6, 6.07) is 13.6. The summed E-state index contributed by atoms with van der Waals surface area (Å²) in [4.78, 5) is 16.8. The number of phenols is 1. The Hall–Kier alpha value is -2.40. The summed E-state index contributed by atoms with van der Waals surface area (Å²) in [5, 5.41) is 11.5. The van der Waals surface area contributed by atoms with E-state index >= 15 is 0 Å². The second-order valence-electron chi connectivity index (χ2n) is 7.40. The fourth-order valence-electron chi connectivity index (χ4n) is 3.37. The number of ether oxygens (including phenoxy) is 1. The first-order valence-electron chi connectivity index (χ1n) is 10.4. The Labute approximate surface area is 176 Å². The molecule has 154 valence electrons. The highest BCUT2D eigenvalue weighted by Crippen LogP contribution is 2.37. The van der Waals surface area contributed by atoms with Crippen molar-refractivity contribution in [2.45, 2.75) is 52.4 Å².